The zero-order valence-electron chi connectivity index (χ0n) is 19.9. The highest BCUT2D eigenvalue weighted by Gasteiger charge is 2.45. The molecule has 9 nitrogen and oxygen atoms in total. The maximum Gasteiger partial charge on any atom is 0.307 e. The number of nitrogens with one attached hydrogen (secondary N) is 1. The third-order valence-corrected chi connectivity index (χ3v) is 7.03. The first-order valence-electron chi connectivity index (χ1n) is 11.1. The molecule has 0 radical (unpaired) electrons. The van der Waals surface area contributed by atoms with Crippen LogP contribution in [0.25, 0.3) is 10.9 Å². The van der Waals surface area contributed by atoms with E-state index in [0.29, 0.717) is 27.4 Å². The van der Waals surface area contributed by atoms with Crippen LogP contribution in [0.2, 0.25) is 0 Å². The van der Waals surface area contributed by atoms with Gasteiger partial charge in [-0.1, -0.05) is 36.0 Å². The van der Waals surface area contributed by atoms with E-state index in [9.17, 15) is 19.2 Å². The van der Waals surface area contributed by atoms with E-state index < -0.39 is 16.8 Å². The number of nitrogens with zero attached hydrogens (tertiary/aromatic N) is 3. The molecular formula is C25H26N4O5S. The summed E-state index contributed by atoms with van der Waals surface area (Å²) in [7, 11) is 1.29. The molecular weight excluding hydrogens is 468 g/mol. The van der Waals surface area contributed by atoms with Gasteiger partial charge in [-0.05, 0) is 45.0 Å². The second kappa shape index (κ2) is 9.53. The lowest BCUT2D eigenvalue weighted by atomic mass is 9.96. The summed E-state index contributed by atoms with van der Waals surface area (Å²) in [5, 5.41) is 2.89. The number of esters is 1. The van der Waals surface area contributed by atoms with E-state index in [4.69, 9.17) is 4.74 Å². The molecule has 2 aromatic carbocycles. The average Bonchev–Trinajstić information content (AvgIpc) is 2.84. The second-order valence-electron chi connectivity index (χ2n) is 8.66. The smallest absolute Gasteiger partial charge is 0.307 e. The zero-order chi connectivity index (χ0) is 25.3. The summed E-state index contributed by atoms with van der Waals surface area (Å²) in [5.41, 5.74) is 0.230. The molecule has 1 unspecified atom stereocenters. The third kappa shape index (κ3) is 4.53. The first-order valence-corrected chi connectivity index (χ1v) is 12.0. The number of thioether (sulfide) groups is 1. The number of hydrogen-bond acceptors (Lipinski definition) is 7. The number of anilines is 2. The topological polar surface area (TPSA) is 111 Å². The second-order valence-corrected chi connectivity index (χ2v) is 9.97. The highest BCUT2D eigenvalue weighted by Crippen LogP contribution is 2.38. The lowest BCUT2D eigenvalue weighted by molar-refractivity contribution is -0.140. The van der Waals surface area contributed by atoms with Crippen LogP contribution in [0.15, 0.2) is 58.5 Å². The molecule has 0 saturated carbocycles. The van der Waals surface area contributed by atoms with Gasteiger partial charge in [-0.15, -0.1) is 0 Å². The highest BCUT2D eigenvalue weighted by atomic mass is 32.2. The van der Waals surface area contributed by atoms with Gasteiger partial charge in [0.25, 0.3) is 5.56 Å². The third-order valence-electron chi connectivity index (χ3n) is 5.95. The Hall–Kier alpha value is -3.66. The number of carbonyl (C=O) groups excluding carboxylic acids is 3. The molecule has 2 heterocycles. The van der Waals surface area contributed by atoms with Gasteiger partial charge in [-0.2, -0.15) is 0 Å². The van der Waals surface area contributed by atoms with Gasteiger partial charge in [0.1, 0.15) is 5.54 Å². The van der Waals surface area contributed by atoms with Crippen molar-refractivity contribution >= 4 is 51.8 Å². The number of methoxy groups -OCH3 is 1. The van der Waals surface area contributed by atoms with Crippen LogP contribution in [0.5, 0.6) is 0 Å². The van der Waals surface area contributed by atoms with Crippen molar-refractivity contribution in [3.63, 3.8) is 0 Å². The number of rotatable bonds is 6. The van der Waals surface area contributed by atoms with E-state index in [2.05, 4.69) is 10.3 Å². The molecule has 10 heteroatoms. The van der Waals surface area contributed by atoms with E-state index in [1.165, 1.54) is 16.6 Å². The molecule has 182 valence electrons. The first kappa shape index (κ1) is 24.5. The summed E-state index contributed by atoms with van der Waals surface area (Å²) in [6, 6.07) is 14.1. The molecule has 0 spiro atoms. The molecule has 4 rings (SSSR count). The molecule has 0 aliphatic carbocycles. The lowest BCUT2D eigenvalue weighted by Gasteiger charge is -2.43. The quantitative estimate of drug-likeness (QED) is 0.318. The van der Waals surface area contributed by atoms with Crippen LogP contribution >= 0.6 is 11.8 Å². The minimum atomic E-state index is -1.12. The molecule has 1 N–H and O–H groups in total. The fourth-order valence-electron chi connectivity index (χ4n) is 3.98. The Kier molecular flexibility index (Phi) is 6.66. The van der Waals surface area contributed by atoms with Crippen LogP contribution in [0, 0.1) is 0 Å². The van der Waals surface area contributed by atoms with Crippen molar-refractivity contribution in [2.24, 2.45) is 0 Å². The molecule has 3 aromatic rings. The van der Waals surface area contributed by atoms with Gasteiger partial charge in [-0.3, -0.25) is 28.6 Å². The number of aromatic nitrogens is 2. The van der Waals surface area contributed by atoms with Gasteiger partial charge in [0.15, 0.2) is 5.16 Å². The van der Waals surface area contributed by atoms with E-state index in [1.807, 2.05) is 0 Å². The molecule has 1 aliphatic rings. The average molecular weight is 495 g/mol. The number of benzene rings is 2. The van der Waals surface area contributed by atoms with Gasteiger partial charge in [-0.25, -0.2) is 4.98 Å². The standard InChI is InChI=1S/C25H26N4O5S/c1-15(21(31)29-19-12-8-7-11-18(19)26-23(33)25(29,2)3)35-24-27-17-10-6-5-9-16(17)22(32)28(24)14-13-20(30)34-4/h5-12,15H,13-14H2,1-4H3,(H,26,33). The predicted octanol–water partition coefficient (Wildman–Crippen LogP) is 3.20. The van der Waals surface area contributed by atoms with Crippen molar-refractivity contribution in [3.05, 3.63) is 58.9 Å². The number of carbonyl (C=O) groups is 3. The van der Waals surface area contributed by atoms with Crippen molar-refractivity contribution in [3.8, 4) is 0 Å². The Morgan fingerprint density at radius 2 is 1.80 bits per heavy atom. The van der Waals surface area contributed by atoms with Gasteiger partial charge in [0.05, 0.1) is 41.1 Å². The maximum absolute atomic E-state index is 13.7. The summed E-state index contributed by atoms with van der Waals surface area (Å²) in [6.45, 7) is 5.15. The molecule has 2 amide bonds. The maximum atomic E-state index is 13.7. The normalized spacial score (nSPS) is 15.3. The number of fused-ring (bicyclic) bond motifs is 2. The molecule has 0 bridgehead atoms. The Balaban J connectivity index is 1.72. The largest absolute Gasteiger partial charge is 0.469 e. The van der Waals surface area contributed by atoms with Crippen LogP contribution in [0.3, 0.4) is 0 Å². The number of hydrogen-bond donors (Lipinski definition) is 1. The van der Waals surface area contributed by atoms with Crippen LogP contribution in [-0.4, -0.2) is 45.2 Å². The predicted molar refractivity (Wildman–Crippen MR) is 135 cm³/mol. The summed E-state index contributed by atoms with van der Waals surface area (Å²) in [5.74, 6) is -1.05. The fraction of sp³-hybridized carbons (Fsp3) is 0.320. The van der Waals surface area contributed by atoms with E-state index >= 15 is 0 Å². The van der Waals surface area contributed by atoms with Crippen LogP contribution in [-0.2, 0) is 25.7 Å². The summed E-state index contributed by atoms with van der Waals surface area (Å²) in [4.78, 5) is 57.6. The molecule has 1 aliphatic heterocycles. The number of para-hydroxylation sites is 3. The van der Waals surface area contributed by atoms with E-state index in [-0.39, 0.29) is 30.3 Å². The van der Waals surface area contributed by atoms with Crippen molar-refractivity contribution < 1.29 is 19.1 Å². The van der Waals surface area contributed by atoms with Gasteiger partial charge in [0, 0.05) is 6.54 Å². The summed E-state index contributed by atoms with van der Waals surface area (Å²) in [6.07, 6.45) is -0.0149. The first-order chi connectivity index (χ1) is 16.6. The van der Waals surface area contributed by atoms with Crippen LogP contribution < -0.4 is 15.8 Å². The minimum absolute atomic E-state index is 0.0149. The van der Waals surface area contributed by atoms with Gasteiger partial charge >= 0.3 is 5.97 Å². The molecule has 0 saturated heterocycles. The Labute approximate surface area is 206 Å². The van der Waals surface area contributed by atoms with Gasteiger partial charge in [0.2, 0.25) is 11.8 Å². The van der Waals surface area contributed by atoms with Crippen LogP contribution in [0.1, 0.15) is 27.2 Å². The monoisotopic (exact) mass is 494 g/mol. The molecule has 1 atom stereocenters. The van der Waals surface area contributed by atoms with Gasteiger partial charge < -0.3 is 10.1 Å². The Bertz CT molecular complexity index is 1380. The number of amides is 2. The Morgan fingerprint density at radius 1 is 1.11 bits per heavy atom. The fourth-order valence-corrected chi connectivity index (χ4v) is 4.95. The Morgan fingerprint density at radius 3 is 2.54 bits per heavy atom. The van der Waals surface area contributed by atoms with E-state index in [0.717, 1.165) is 11.8 Å². The molecule has 35 heavy (non-hydrogen) atoms. The lowest BCUT2D eigenvalue weighted by Crippen LogP contribution is -2.60. The molecule has 0 fully saturated rings. The SMILES string of the molecule is COC(=O)CCn1c(SC(C)C(=O)N2c3ccccc3NC(=O)C2(C)C)nc2ccccc2c1=O. The number of ether oxygens (including phenoxy) is 1. The summed E-state index contributed by atoms with van der Waals surface area (Å²) < 4.78 is 6.12. The zero-order valence-corrected chi connectivity index (χ0v) is 20.7. The minimum Gasteiger partial charge on any atom is -0.469 e. The highest BCUT2D eigenvalue weighted by molar-refractivity contribution is 8.00. The molecule has 1 aromatic heterocycles. The summed E-state index contributed by atoms with van der Waals surface area (Å²) >= 11 is 1.11. The van der Waals surface area contributed by atoms with Crippen molar-refractivity contribution in [1.82, 2.24) is 9.55 Å². The van der Waals surface area contributed by atoms with Crippen LogP contribution in [0.4, 0.5) is 11.4 Å². The van der Waals surface area contributed by atoms with Crippen molar-refractivity contribution in [2.75, 3.05) is 17.3 Å². The van der Waals surface area contributed by atoms with Crippen molar-refractivity contribution in [1.29, 1.82) is 0 Å². The van der Waals surface area contributed by atoms with Crippen molar-refractivity contribution in [2.45, 2.75) is 49.7 Å². The van der Waals surface area contributed by atoms with E-state index in [1.54, 1.807) is 69.3 Å².